The molecule has 1 aliphatic rings. The fraction of sp³-hybridized carbons (Fsp3) is 0.333. The molecule has 8 heteroatoms. The number of halogens is 2. The lowest BCUT2D eigenvalue weighted by atomic mass is 10.1. The SMILES string of the molecule is COc1cc(CNCc2ccc3c(c2)OCO3)cc(OC)c1OC(F)F. The third kappa shape index (κ3) is 4.08. The largest absolute Gasteiger partial charge is 0.493 e. The van der Waals surface area contributed by atoms with Crippen molar-refractivity contribution >= 4 is 0 Å². The van der Waals surface area contributed by atoms with E-state index >= 15 is 0 Å². The minimum atomic E-state index is -2.97. The highest BCUT2D eigenvalue weighted by Gasteiger charge is 2.18. The van der Waals surface area contributed by atoms with Crippen LogP contribution in [-0.2, 0) is 13.1 Å². The second-order valence-corrected chi connectivity index (χ2v) is 5.50. The van der Waals surface area contributed by atoms with Crippen LogP contribution in [0.4, 0.5) is 8.78 Å². The first-order valence-electron chi connectivity index (χ1n) is 7.89. The number of nitrogens with one attached hydrogen (secondary N) is 1. The van der Waals surface area contributed by atoms with Gasteiger partial charge in [0.2, 0.25) is 12.5 Å². The van der Waals surface area contributed by atoms with Crippen LogP contribution in [0.2, 0.25) is 0 Å². The zero-order valence-corrected chi connectivity index (χ0v) is 14.4. The van der Waals surface area contributed by atoms with Crippen molar-refractivity contribution in [2.24, 2.45) is 0 Å². The van der Waals surface area contributed by atoms with Crippen LogP contribution in [-0.4, -0.2) is 27.6 Å². The topological polar surface area (TPSA) is 58.2 Å². The predicted molar refractivity (Wildman–Crippen MR) is 89.3 cm³/mol. The van der Waals surface area contributed by atoms with E-state index in [-0.39, 0.29) is 24.0 Å². The lowest BCUT2D eigenvalue weighted by molar-refractivity contribution is -0.0526. The Morgan fingerprint density at radius 2 is 1.62 bits per heavy atom. The molecule has 0 bridgehead atoms. The molecule has 6 nitrogen and oxygen atoms in total. The van der Waals surface area contributed by atoms with E-state index in [9.17, 15) is 8.78 Å². The minimum Gasteiger partial charge on any atom is -0.493 e. The van der Waals surface area contributed by atoms with Gasteiger partial charge >= 0.3 is 6.61 Å². The number of ether oxygens (including phenoxy) is 5. The molecule has 1 N–H and O–H groups in total. The molecule has 1 aliphatic heterocycles. The third-order valence-corrected chi connectivity index (χ3v) is 3.82. The first kappa shape index (κ1) is 18.1. The van der Waals surface area contributed by atoms with E-state index in [4.69, 9.17) is 18.9 Å². The van der Waals surface area contributed by atoms with Crippen molar-refractivity contribution in [1.82, 2.24) is 5.32 Å². The summed E-state index contributed by atoms with van der Waals surface area (Å²) in [6.07, 6.45) is 0. The van der Waals surface area contributed by atoms with E-state index < -0.39 is 6.61 Å². The van der Waals surface area contributed by atoms with Crippen molar-refractivity contribution < 1.29 is 32.5 Å². The molecule has 3 rings (SSSR count). The lowest BCUT2D eigenvalue weighted by Crippen LogP contribution is -2.13. The van der Waals surface area contributed by atoms with E-state index in [0.717, 1.165) is 22.6 Å². The van der Waals surface area contributed by atoms with Crippen LogP contribution >= 0.6 is 0 Å². The highest BCUT2D eigenvalue weighted by atomic mass is 19.3. The Kier molecular flexibility index (Phi) is 5.62. The van der Waals surface area contributed by atoms with Crippen molar-refractivity contribution in [1.29, 1.82) is 0 Å². The van der Waals surface area contributed by atoms with Gasteiger partial charge in [0.1, 0.15) is 0 Å². The molecule has 0 saturated heterocycles. The van der Waals surface area contributed by atoms with E-state index in [1.165, 1.54) is 14.2 Å². The van der Waals surface area contributed by atoms with Gasteiger partial charge in [-0.3, -0.25) is 0 Å². The molecular formula is C18H19F2NO5. The molecular weight excluding hydrogens is 348 g/mol. The molecule has 2 aromatic carbocycles. The molecule has 0 aliphatic carbocycles. The molecule has 0 amide bonds. The molecule has 0 aromatic heterocycles. The molecule has 0 fully saturated rings. The lowest BCUT2D eigenvalue weighted by Gasteiger charge is -2.16. The third-order valence-electron chi connectivity index (χ3n) is 3.82. The Hall–Kier alpha value is -2.74. The number of rotatable bonds is 8. The van der Waals surface area contributed by atoms with Crippen LogP contribution in [0, 0.1) is 0 Å². The number of hydrogen-bond donors (Lipinski definition) is 1. The van der Waals surface area contributed by atoms with Crippen LogP contribution in [0.1, 0.15) is 11.1 Å². The molecule has 26 heavy (non-hydrogen) atoms. The maximum atomic E-state index is 12.6. The standard InChI is InChI=1S/C18H19F2NO5/c1-22-15-6-12(7-16(23-2)17(15)26-18(19)20)9-21-8-11-3-4-13-14(5-11)25-10-24-13/h3-7,18,21H,8-10H2,1-2H3. The summed E-state index contributed by atoms with van der Waals surface area (Å²) in [7, 11) is 2.77. The summed E-state index contributed by atoms with van der Waals surface area (Å²) in [5.41, 5.74) is 1.84. The highest BCUT2D eigenvalue weighted by molar-refractivity contribution is 5.54. The Bertz CT molecular complexity index is 744. The molecule has 0 atom stereocenters. The van der Waals surface area contributed by atoms with E-state index in [1.807, 2.05) is 18.2 Å². The summed E-state index contributed by atoms with van der Waals surface area (Å²) in [6.45, 7) is -1.65. The molecule has 0 saturated carbocycles. The maximum absolute atomic E-state index is 12.6. The number of alkyl halides is 2. The van der Waals surface area contributed by atoms with Crippen LogP contribution < -0.4 is 29.0 Å². The fourth-order valence-corrected chi connectivity index (χ4v) is 2.64. The number of hydrogen-bond acceptors (Lipinski definition) is 6. The fourth-order valence-electron chi connectivity index (χ4n) is 2.64. The Morgan fingerprint density at radius 3 is 2.27 bits per heavy atom. The Labute approximate surface area is 149 Å². The summed E-state index contributed by atoms with van der Waals surface area (Å²) in [5.74, 6) is 1.71. The smallest absolute Gasteiger partial charge is 0.387 e. The van der Waals surface area contributed by atoms with Crippen LogP contribution in [0.3, 0.4) is 0 Å². The zero-order chi connectivity index (χ0) is 18.5. The normalized spacial score (nSPS) is 12.3. The van der Waals surface area contributed by atoms with Gasteiger partial charge in [0.25, 0.3) is 0 Å². The molecule has 0 radical (unpaired) electrons. The van der Waals surface area contributed by atoms with Crippen LogP contribution in [0.25, 0.3) is 0 Å². The average Bonchev–Trinajstić information content (AvgIpc) is 3.09. The molecule has 140 valence electrons. The van der Waals surface area contributed by atoms with Gasteiger partial charge in [0, 0.05) is 13.1 Å². The van der Waals surface area contributed by atoms with Crippen molar-refractivity contribution in [3.63, 3.8) is 0 Å². The monoisotopic (exact) mass is 367 g/mol. The summed E-state index contributed by atoms with van der Waals surface area (Å²) in [6, 6.07) is 8.99. The summed E-state index contributed by atoms with van der Waals surface area (Å²) in [4.78, 5) is 0. The second-order valence-electron chi connectivity index (χ2n) is 5.50. The average molecular weight is 367 g/mol. The quantitative estimate of drug-likeness (QED) is 0.772. The van der Waals surface area contributed by atoms with Crippen molar-refractivity contribution in [2.75, 3.05) is 21.0 Å². The highest BCUT2D eigenvalue weighted by Crippen LogP contribution is 2.39. The van der Waals surface area contributed by atoms with E-state index in [0.29, 0.717) is 13.1 Å². The van der Waals surface area contributed by atoms with Gasteiger partial charge in [0.15, 0.2) is 23.0 Å². The van der Waals surface area contributed by atoms with Gasteiger partial charge in [-0.05, 0) is 35.4 Å². The molecule has 0 spiro atoms. The predicted octanol–water partition coefficient (Wildman–Crippen LogP) is 3.32. The number of fused-ring (bicyclic) bond motifs is 1. The molecule has 2 aromatic rings. The number of methoxy groups -OCH3 is 2. The van der Waals surface area contributed by atoms with Crippen molar-refractivity contribution in [2.45, 2.75) is 19.7 Å². The van der Waals surface area contributed by atoms with Crippen molar-refractivity contribution in [3.05, 3.63) is 41.5 Å². The number of benzene rings is 2. The van der Waals surface area contributed by atoms with Crippen LogP contribution in [0.5, 0.6) is 28.7 Å². The van der Waals surface area contributed by atoms with Gasteiger partial charge in [-0.15, -0.1) is 0 Å². The Balaban J connectivity index is 1.67. The first-order chi connectivity index (χ1) is 12.6. The van der Waals surface area contributed by atoms with Gasteiger partial charge in [0.05, 0.1) is 14.2 Å². The minimum absolute atomic E-state index is 0.121. The second kappa shape index (κ2) is 8.09. The van der Waals surface area contributed by atoms with Gasteiger partial charge in [-0.1, -0.05) is 6.07 Å². The molecule has 1 heterocycles. The summed E-state index contributed by atoms with van der Waals surface area (Å²) in [5, 5.41) is 3.28. The van der Waals surface area contributed by atoms with E-state index in [2.05, 4.69) is 10.1 Å². The zero-order valence-electron chi connectivity index (χ0n) is 14.4. The van der Waals surface area contributed by atoms with Gasteiger partial charge in [-0.25, -0.2) is 0 Å². The van der Waals surface area contributed by atoms with E-state index in [1.54, 1.807) is 12.1 Å². The van der Waals surface area contributed by atoms with Crippen LogP contribution in [0.15, 0.2) is 30.3 Å². The summed E-state index contributed by atoms with van der Waals surface area (Å²) < 4.78 is 50.6. The Morgan fingerprint density at radius 1 is 0.962 bits per heavy atom. The summed E-state index contributed by atoms with van der Waals surface area (Å²) >= 11 is 0. The first-order valence-corrected chi connectivity index (χ1v) is 7.89. The van der Waals surface area contributed by atoms with Gasteiger partial charge < -0.3 is 29.0 Å². The van der Waals surface area contributed by atoms with Crippen molar-refractivity contribution in [3.8, 4) is 28.7 Å². The maximum Gasteiger partial charge on any atom is 0.387 e. The molecule has 0 unspecified atom stereocenters. The van der Waals surface area contributed by atoms with Gasteiger partial charge in [-0.2, -0.15) is 8.78 Å².